The molecule has 1 amide bonds. The lowest BCUT2D eigenvalue weighted by molar-refractivity contribution is 0.187. The van der Waals surface area contributed by atoms with Crippen molar-refractivity contribution in [2.24, 2.45) is 4.99 Å². The molecular formula is C21H28N4O3. The van der Waals surface area contributed by atoms with Crippen LogP contribution in [0.4, 0.5) is 10.5 Å². The zero-order valence-electron chi connectivity index (χ0n) is 16.6. The molecular weight excluding hydrogens is 356 g/mol. The van der Waals surface area contributed by atoms with Gasteiger partial charge < -0.3 is 19.7 Å². The summed E-state index contributed by atoms with van der Waals surface area (Å²) in [6.45, 7) is 4.63. The number of carbonyl (C=O) groups excluding carboxylic acids is 1. The van der Waals surface area contributed by atoms with Crippen molar-refractivity contribution in [3.63, 3.8) is 0 Å². The van der Waals surface area contributed by atoms with E-state index in [0.717, 1.165) is 23.8 Å². The van der Waals surface area contributed by atoms with E-state index in [9.17, 15) is 4.79 Å². The Morgan fingerprint density at radius 1 is 1.11 bits per heavy atom. The summed E-state index contributed by atoms with van der Waals surface area (Å²) in [6.07, 6.45) is -0.487. The van der Waals surface area contributed by atoms with Crippen LogP contribution in [0.1, 0.15) is 12.5 Å². The van der Waals surface area contributed by atoms with Gasteiger partial charge in [-0.1, -0.05) is 30.3 Å². The molecule has 0 saturated heterocycles. The summed E-state index contributed by atoms with van der Waals surface area (Å²) < 4.78 is 10.3. The first-order valence-electron chi connectivity index (χ1n) is 9.23. The van der Waals surface area contributed by atoms with E-state index in [4.69, 9.17) is 4.74 Å². The van der Waals surface area contributed by atoms with Crippen LogP contribution in [-0.4, -0.2) is 50.8 Å². The van der Waals surface area contributed by atoms with Gasteiger partial charge in [0.15, 0.2) is 5.96 Å². The molecule has 7 heteroatoms. The van der Waals surface area contributed by atoms with Crippen molar-refractivity contribution in [2.45, 2.75) is 13.5 Å². The van der Waals surface area contributed by atoms with Crippen molar-refractivity contribution >= 4 is 17.7 Å². The summed E-state index contributed by atoms with van der Waals surface area (Å²) >= 11 is 0. The van der Waals surface area contributed by atoms with Crippen LogP contribution in [0.3, 0.4) is 0 Å². The van der Waals surface area contributed by atoms with Gasteiger partial charge in [-0.05, 0) is 36.8 Å². The van der Waals surface area contributed by atoms with E-state index in [2.05, 4.69) is 20.4 Å². The van der Waals surface area contributed by atoms with E-state index in [1.54, 1.807) is 0 Å². The van der Waals surface area contributed by atoms with E-state index < -0.39 is 6.09 Å². The summed E-state index contributed by atoms with van der Waals surface area (Å²) in [6, 6.07) is 17.3. The average molecular weight is 384 g/mol. The fourth-order valence-electron chi connectivity index (χ4n) is 2.42. The van der Waals surface area contributed by atoms with Gasteiger partial charge in [0.1, 0.15) is 12.4 Å². The zero-order valence-corrected chi connectivity index (χ0v) is 16.6. The minimum atomic E-state index is -0.487. The lowest BCUT2D eigenvalue weighted by atomic mass is 10.2. The molecule has 0 bridgehead atoms. The van der Waals surface area contributed by atoms with E-state index in [-0.39, 0.29) is 0 Å². The molecule has 2 N–H and O–H groups in total. The molecule has 0 aliphatic carbocycles. The van der Waals surface area contributed by atoms with E-state index in [0.29, 0.717) is 25.4 Å². The van der Waals surface area contributed by atoms with Crippen LogP contribution in [0.5, 0.6) is 5.75 Å². The van der Waals surface area contributed by atoms with Crippen LogP contribution < -0.4 is 15.4 Å². The number of ether oxygens (including phenoxy) is 2. The number of amides is 1. The Hall–Kier alpha value is -3.22. The molecule has 2 aromatic rings. The fraction of sp³-hybridized carbons (Fsp3) is 0.333. The zero-order chi connectivity index (χ0) is 20.2. The van der Waals surface area contributed by atoms with Crippen LogP contribution in [0.15, 0.2) is 59.6 Å². The number of likely N-dealkylation sites (N-methyl/N-ethyl adjacent to an activating group) is 1. The Morgan fingerprint density at radius 2 is 1.82 bits per heavy atom. The standard InChI is InChI=1S/C21H28N4O3/c1-4-22-20(25(2)14-15-28-19-8-6-5-7-9-19)23-16-17-10-12-18(13-11-17)24-21(26)27-3/h5-13H,4,14-16H2,1-3H3,(H,22,23)(H,24,26). The molecule has 28 heavy (non-hydrogen) atoms. The van der Waals surface area contributed by atoms with Gasteiger partial charge in [0, 0.05) is 19.3 Å². The Balaban J connectivity index is 1.88. The Kier molecular flexibility index (Phi) is 8.65. The highest BCUT2D eigenvalue weighted by Crippen LogP contribution is 2.11. The maximum atomic E-state index is 11.2. The number of methoxy groups -OCH3 is 1. The third-order valence-electron chi connectivity index (χ3n) is 3.93. The highest BCUT2D eigenvalue weighted by molar-refractivity contribution is 5.84. The Labute approximate surface area is 166 Å². The first-order valence-corrected chi connectivity index (χ1v) is 9.23. The molecule has 0 aromatic heterocycles. The molecule has 2 rings (SSSR count). The molecule has 0 radical (unpaired) electrons. The molecule has 0 aliphatic rings. The number of hydrogen-bond acceptors (Lipinski definition) is 4. The van der Waals surface area contributed by atoms with Gasteiger partial charge in [0.2, 0.25) is 0 Å². The van der Waals surface area contributed by atoms with Gasteiger partial charge in [0.05, 0.1) is 20.2 Å². The van der Waals surface area contributed by atoms with Crippen molar-refractivity contribution in [3.8, 4) is 5.75 Å². The summed E-state index contributed by atoms with van der Waals surface area (Å²) in [7, 11) is 3.32. The van der Waals surface area contributed by atoms with Crippen molar-refractivity contribution in [1.29, 1.82) is 0 Å². The number of carbonyl (C=O) groups is 1. The second-order valence-corrected chi connectivity index (χ2v) is 6.07. The van der Waals surface area contributed by atoms with Crippen LogP contribution in [0.25, 0.3) is 0 Å². The minimum Gasteiger partial charge on any atom is -0.492 e. The van der Waals surface area contributed by atoms with Gasteiger partial charge in [-0.2, -0.15) is 0 Å². The van der Waals surface area contributed by atoms with Crippen LogP contribution in [0.2, 0.25) is 0 Å². The highest BCUT2D eigenvalue weighted by atomic mass is 16.5. The lowest BCUT2D eigenvalue weighted by Crippen LogP contribution is -2.40. The molecule has 7 nitrogen and oxygen atoms in total. The molecule has 0 heterocycles. The molecule has 0 fully saturated rings. The van der Waals surface area contributed by atoms with Gasteiger partial charge in [-0.3, -0.25) is 5.32 Å². The van der Waals surface area contributed by atoms with Crippen molar-refractivity contribution < 1.29 is 14.3 Å². The van der Waals surface area contributed by atoms with Crippen LogP contribution in [-0.2, 0) is 11.3 Å². The normalized spacial score (nSPS) is 10.9. The summed E-state index contributed by atoms with van der Waals surface area (Å²) in [5.41, 5.74) is 1.72. The van der Waals surface area contributed by atoms with Gasteiger partial charge in [0.25, 0.3) is 0 Å². The maximum absolute atomic E-state index is 11.2. The van der Waals surface area contributed by atoms with Crippen molar-refractivity contribution in [3.05, 3.63) is 60.2 Å². The topological polar surface area (TPSA) is 75.2 Å². The summed E-state index contributed by atoms with van der Waals surface area (Å²) in [5.74, 6) is 1.68. The third-order valence-corrected chi connectivity index (χ3v) is 3.93. The molecule has 0 saturated carbocycles. The molecule has 0 unspecified atom stereocenters. The third kappa shape index (κ3) is 7.19. The molecule has 0 aliphatic heterocycles. The summed E-state index contributed by atoms with van der Waals surface area (Å²) in [4.78, 5) is 17.9. The van der Waals surface area contributed by atoms with Crippen molar-refractivity contribution in [1.82, 2.24) is 10.2 Å². The number of rotatable bonds is 8. The Bertz CT molecular complexity index is 748. The molecule has 0 atom stereocenters. The van der Waals surface area contributed by atoms with E-state index in [1.165, 1.54) is 7.11 Å². The predicted octanol–water partition coefficient (Wildman–Crippen LogP) is 3.34. The second kappa shape index (κ2) is 11.5. The number of aliphatic imine (C=N–C) groups is 1. The van der Waals surface area contributed by atoms with E-state index >= 15 is 0 Å². The number of guanidine groups is 1. The van der Waals surface area contributed by atoms with Crippen molar-refractivity contribution in [2.75, 3.05) is 39.2 Å². The first-order chi connectivity index (χ1) is 13.6. The quantitative estimate of drug-likeness (QED) is 0.539. The van der Waals surface area contributed by atoms with Crippen LogP contribution in [0, 0.1) is 0 Å². The molecule has 2 aromatic carbocycles. The predicted molar refractivity (Wildman–Crippen MR) is 112 cm³/mol. The first kappa shape index (κ1) is 21.1. The number of nitrogens with zero attached hydrogens (tertiary/aromatic N) is 2. The van der Waals surface area contributed by atoms with E-state index in [1.807, 2.05) is 73.5 Å². The molecule has 0 spiro atoms. The number of para-hydroxylation sites is 1. The summed E-state index contributed by atoms with van der Waals surface area (Å²) in [5, 5.41) is 5.92. The number of hydrogen-bond donors (Lipinski definition) is 2. The maximum Gasteiger partial charge on any atom is 0.411 e. The number of benzene rings is 2. The minimum absolute atomic E-state index is 0.487. The smallest absolute Gasteiger partial charge is 0.411 e. The monoisotopic (exact) mass is 384 g/mol. The number of nitrogens with one attached hydrogen (secondary N) is 2. The average Bonchev–Trinajstić information content (AvgIpc) is 2.72. The second-order valence-electron chi connectivity index (χ2n) is 6.07. The van der Waals surface area contributed by atoms with Crippen LogP contribution >= 0.6 is 0 Å². The van der Waals surface area contributed by atoms with Gasteiger partial charge >= 0.3 is 6.09 Å². The Morgan fingerprint density at radius 3 is 2.46 bits per heavy atom. The SMILES string of the molecule is CCNC(=NCc1ccc(NC(=O)OC)cc1)N(C)CCOc1ccccc1. The van der Waals surface area contributed by atoms with Gasteiger partial charge in [-0.15, -0.1) is 0 Å². The highest BCUT2D eigenvalue weighted by Gasteiger charge is 2.06. The fourth-order valence-corrected chi connectivity index (χ4v) is 2.42. The largest absolute Gasteiger partial charge is 0.492 e. The lowest BCUT2D eigenvalue weighted by Gasteiger charge is -2.22. The molecule has 150 valence electrons. The van der Waals surface area contributed by atoms with Gasteiger partial charge in [-0.25, -0.2) is 9.79 Å². The number of anilines is 1.